The Morgan fingerprint density at radius 3 is 2.47 bits per heavy atom. The second-order valence-electron chi connectivity index (χ2n) is 4.41. The number of aliphatic hydroxyl groups is 1. The number of aromatic hydroxyl groups is 1. The number of hydrogen-bond donors (Lipinski definition) is 3. The molecule has 4 heteroatoms. The zero-order valence-corrected chi connectivity index (χ0v) is 11.4. The Morgan fingerprint density at radius 1 is 1.35 bits per heavy atom. The monoisotopic (exact) mass is 259 g/mol. The van der Waals surface area contributed by atoms with Crippen molar-refractivity contribution in [2.75, 3.05) is 0 Å². The van der Waals surface area contributed by atoms with Crippen LogP contribution in [-0.2, 0) is 0 Å². The molecule has 1 unspecified atom stereocenters. The zero-order valence-electron chi connectivity index (χ0n) is 10.6. The summed E-state index contributed by atoms with van der Waals surface area (Å²) in [6.45, 7) is 5.79. The Bertz CT molecular complexity index is 357. The van der Waals surface area contributed by atoms with Gasteiger partial charge in [-0.25, -0.2) is 0 Å². The van der Waals surface area contributed by atoms with Gasteiger partial charge in [0.15, 0.2) is 0 Å². The van der Waals surface area contributed by atoms with Crippen molar-refractivity contribution in [3.05, 3.63) is 29.3 Å². The van der Waals surface area contributed by atoms with Crippen LogP contribution in [0.25, 0.3) is 0 Å². The molecule has 3 atom stereocenters. The first-order chi connectivity index (χ1) is 7.49. The predicted octanol–water partition coefficient (Wildman–Crippen LogP) is 2.53. The van der Waals surface area contributed by atoms with Gasteiger partial charge in [-0.1, -0.05) is 38.5 Å². The summed E-state index contributed by atoms with van der Waals surface area (Å²) in [5.41, 5.74) is 7.37. The maximum absolute atomic E-state index is 10.0. The minimum atomic E-state index is -0.627. The SMILES string of the molecule is CCC(C)[C@H](O)[C@H](N)c1cccc(C)c1O.Cl. The van der Waals surface area contributed by atoms with Gasteiger partial charge in [0.2, 0.25) is 0 Å². The zero-order chi connectivity index (χ0) is 12.3. The van der Waals surface area contributed by atoms with E-state index in [4.69, 9.17) is 5.73 Å². The van der Waals surface area contributed by atoms with Crippen molar-refractivity contribution in [1.82, 2.24) is 0 Å². The summed E-state index contributed by atoms with van der Waals surface area (Å²) in [6, 6.07) is 4.89. The van der Waals surface area contributed by atoms with Gasteiger partial charge < -0.3 is 15.9 Å². The molecule has 0 radical (unpaired) electrons. The fourth-order valence-electron chi connectivity index (χ4n) is 1.73. The van der Waals surface area contributed by atoms with Crippen molar-refractivity contribution in [3.63, 3.8) is 0 Å². The van der Waals surface area contributed by atoms with Crippen LogP contribution in [0.2, 0.25) is 0 Å². The molecule has 0 spiro atoms. The number of aliphatic hydroxyl groups excluding tert-OH is 1. The lowest BCUT2D eigenvalue weighted by atomic mass is 9.90. The van der Waals surface area contributed by atoms with E-state index in [1.54, 1.807) is 6.07 Å². The van der Waals surface area contributed by atoms with Crippen molar-refractivity contribution in [1.29, 1.82) is 0 Å². The maximum Gasteiger partial charge on any atom is 0.123 e. The molecule has 0 amide bonds. The van der Waals surface area contributed by atoms with Gasteiger partial charge >= 0.3 is 0 Å². The molecule has 0 bridgehead atoms. The average molecular weight is 260 g/mol. The van der Waals surface area contributed by atoms with E-state index in [-0.39, 0.29) is 24.1 Å². The van der Waals surface area contributed by atoms with E-state index in [2.05, 4.69) is 0 Å². The largest absolute Gasteiger partial charge is 0.507 e. The Kier molecular flexibility index (Phi) is 6.53. The van der Waals surface area contributed by atoms with E-state index in [0.29, 0.717) is 5.56 Å². The van der Waals surface area contributed by atoms with E-state index in [9.17, 15) is 10.2 Å². The number of benzene rings is 1. The summed E-state index contributed by atoms with van der Waals surface area (Å²) in [6.07, 6.45) is 0.235. The first-order valence-electron chi connectivity index (χ1n) is 5.71. The first kappa shape index (κ1) is 16.2. The highest BCUT2D eigenvalue weighted by Gasteiger charge is 2.24. The summed E-state index contributed by atoms with van der Waals surface area (Å²) in [7, 11) is 0. The van der Waals surface area contributed by atoms with Crippen LogP contribution in [0.15, 0.2) is 18.2 Å². The van der Waals surface area contributed by atoms with Crippen molar-refractivity contribution < 1.29 is 10.2 Å². The third-order valence-corrected chi connectivity index (χ3v) is 3.22. The molecular weight excluding hydrogens is 238 g/mol. The fraction of sp³-hybridized carbons (Fsp3) is 0.538. The second kappa shape index (κ2) is 6.84. The van der Waals surface area contributed by atoms with Gasteiger partial charge in [0.05, 0.1) is 12.1 Å². The molecule has 0 aliphatic heterocycles. The van der Waals surface area contributed by atoms with Gasteiger partial charge in [-0.05, 0) is 18.4 Å². The number of aryl methyl sites for hydroxylation is 1. The van der Waals surface area contributed by atoms with Crippen molar-refractivity contribution >= 4 is 12.4 Å². The van der Waals surface area contributed by atoms with E-state index >= 15 is 0 Å². The van der Waals surface area contributed by atoms with E-state index in [1.165, 1.54) is 0 Å². The van der Waals surface area contributed by atoms with Crippen LogP contribution in [0, 0.1) is 12.8 Å². The number of phenols is 1. The topological polar surface area (TPSA) is 66.5 Å². The summed E-state index contributed by atoms with van der Waals surface area (Å²) in [5.74, 6) is 0.312. The molecule has 3 nitrogen and oxygen atoms in total. The molecule has 0 fully saturated rings. The molecule has 17 heavy (non-hydrogen) atoms. The minimum absolute atomic E-state index is 0. The van der Waals surface area contributed by atoms with Crippen molar-refractivity contribution in [3.8, 4) is 5.75 Å². The Morgan fingerprint density at radius 2 is 1.94 bits per heavy atom. The summed E-state index contributed by atoms with van der Waals surface area (Å²) in [5, 5.41) is 19.9. The summed E-state index contributed by atoms with van der Waals surface area (Å²) >= 11 is 0. The Balaban J connectivity index is 0.00000256. The number of halogens is 1. The van der Waals surface area contributed by atoms with Crippen molar-refractivity contribution in [2.24, 2.45) is 11.7 Å². The average Bonchev–Trinajstić information content (AvgIpc) is 2.29. The molecule has 4 N–H and O–H groups in total. The number of para-hydroxylation sites is 1. The third kappa shape index (κ3) is 3.60. The lowest BCUT2D eigenvalue weighted by Crippen LogP contribution is -2.31. The van der Waals surface area contributed by atoms with Gasteiger partial charge in [0.1, 0.15) is 5.75 Å². The second-order valence-corrected chi connectivity index (χ2v) is 4.41. The molecule has 0 heterocycles. The highest BCUT2D eigenvalue weighted by atomic mass is 35.5. The molecule has 0 aromatic heterocycles. The van der Waals surface area contributed by atoms with Gasteiger partial charge in [-0.3, -0.25) is 0 Å². The molecule has 1 aromatic rings. The van der Waals surface area contributed by atoms with Crippen molar-refractivity contribution in [2.45, 2.75) is 39.3 Å². The smallest absolute Gasteiger partial charge is 0.123 e. The van der Waals surface area contributed by atoms with Crippen LogP contribution < -0.4 is 5.73 Å². The number of phenolic OH excluding ortho intramolecular Hbond substituents is 1. The van der Waals surface area contributed by atoms with Crippen LogP contribution in [-0.4, -0.2) is 16.3 Å². The molecular formula is C13H22ClNO2. The molecule has 0 aliphatic rings. The molecule has 1 aromatic carbocycles. The van der Waals surface area contributed by atoms with Gasteiger partial charge in [-0.15, -0.1) is 12.4 Å². The third-order valence-electron chi connectivity index (χ3n) is 3.22. The predicted molar refractivity (Wildman–Crippen MR) is 72.5 cm³/mol. The molecule has 0 saturated heterocycles. The van der Waals surface area contributed by atoms with Gasteiger partial charge in [0, 0.05) is 5.56 Å². The van der Waals surface area contributed by atoms with Crippen LogP contribution in [0.4, 0.5) is 0 Å². The number of rotatable bonds is 4. The highest BCUT2D eigenvalue weighted by molar-refractivity contribution is 5.85. The van der Waals surface area contributed by atoms with Crippen LogP contribution in [0.1, 0.15) is 37.4 Å². The minimum Gasteiger partial charge on any atom is -0.507 e. The summed E-state index contributed by atoms with van der Waals surface area (Å²) in [4.78, 5) is 0. The van der Waals surface area contributed by atoms with Crippen LogP contribution in [0.3, 0.4) is 0 Å². The molecule has 0 aliphatic carbocycles. The lowest BCUT2D eigenvalue weighted by molar-refractivity contribution is 0.0871. The highest BCUT2D eigenvalue weighted by Crippen LogP contribution is 2.30. The maximum atomic E-state index is 10.0. The standard InChI is InChI=1S/C13H21NO2.ClH/c1-4-8(2)13(16)11(14)10-7-5-6-9(3)12(10)15;/h5-8,11,13,15-16H,4,14H2,1-3H3;1H/t8?,11-,13+;/m1./s1. The van der Waals surface area contributed by atoms with Gasteiger partial charge in [-0.2, -0.15) is 0 Å². The Labute approximate surface area is 109 Å². The van der Waals surface area contributed by atoms with Crippen LogP contribution in [0.5, 0.6) is 5.75 Å². The first-order valence-corrected chi connectivity index (χ1v) is 5.71. The molecule has 1 rings (SSSR count). The molecule has 0 saturated carbocycles. The summed E-state index contributed by atoms with van der Waals surface area (Å²) < 4.78 is 0. The molecule has 98 valence electrons. The quantitative estimate of drug-likeness (QED) is 0.778. The van der Waals surface area contributed by atoms with Crippen LogP contribution >= 0.6 is 12.4 Å². The van der Waals surface area contributed by atoms with E-state index in [0.717, 1.165) is 12.0 Å². The normalized spacial score (nSPS) is 15.8. The number of nitrogens with two attached hydrogens (primary N) is 1. The fourth-order valence-corrected chi connectivity index (χ4v) is 1.73. The lowest BCUT2D eigenvalue weighted by Gasteiger charge is -2.25. The van der Waals surface area contributed by atoms with E-state index in [1.807, 2.05) is 32.9 Å². The van der Waals surface area contributed by atoms with Gasteiger partial charge in [0.25, 0.3) is 0 Å². The Hall–Kier alpha value is -0.770. The van der Waals surface area contributed by atoms with E-state index < -0.39 is 12.1 Å². The number of hydrogen-bond acceptors (Lipinski definition) is 3.